The number of nitro benzene ring substituents is 1. The van der Waals surface area contributed by atoms with Crippen molar-refractivity contribution in [3.8, 4) is 0 Å². The highest BCUT2D eigenvalue weighted by Crippen LogP contribution is 2.19. The zero-order chi connectivity index (χ0) is 11.4. The fraction of sp³-hybridized carbons (Fsp3) is 0.300. The molecule has 0 radical (unpaired) electrons. The van der Waals surface area contributed by atoms with Crippen LogP contribution in [0.5, 0.6) is 0 Å². The Kier molecular flexibility index (Phi) is 3.38. The Balaban J connectivity index is 2.87. The minimum Gasteiger partial charge on any atom is -0.461 e. The molecule has 15 heavy (non-hydrogen) atoms. The van der Waals surface area contributed by atoms with E-state index in [-0.39, 0.29) is 12.3 Å². The second-order valence-corrected chi connectivity index (χ2v) is 3.16. The van der Waals surface area contributed by atoms with Gasteiger partial charge in [-0.1, -0.05) is 12.1 Å². The van der Waals surface area contributed by atoms with Crippen LogP contribution < -0.4 is 0 Å². The lowest BCUT2D eigenvalue weighted by molar-refractivity contribution is -0.385. The maximum Gasteiger partial charge on any atom is 0.302 e. The highest BCUT2D eigenvalue weighted by Gasteiger charge is 2.11. The minimum atomic E-state index is -0.452. The predicted molar refractivity (Wildman–Crippen MR) is 53.3 cm³/mol. The number of benzene rings is 1. The Morgan fingerprint density at radius 1 is 1.53 bits per heavy atom. The summed E-state index contributed by atoms with van der Waals surface area (Å²) in [5.74, 6) is -0.404. The number of rotatable bonds is 3. The van der Waals surface area contributed by atoms with E-state index in [1.807, 2.05) is 0 Å². The van der Waals surface area contributed by atoms with E-state index in [1.165, 1.54) is 13.0 Å². The topological polar surface area (TPSA) is 69.4 Å². The molecule has 0 saturated carbocycles. The summed E-state index contributed by atoms with van der Waals surface area (Å²) >= 11 is 0. The predicted octanol–water partition coefficient (Wildman–Crippen LogP) is 1.97. The van der Waals surface area contributed by atoms with E-state index in [9.17, 15) is 14.9 Å². The number of hydrogen-bond acceptors (Lipinski definition) is 4. The molecule has 1 aromatic rings. The van der Waals surface area contributed by atoms with Crippen LogP contribution in [0.25, 0.3) is 0 Å². The fourth-order valence-electron chi connectivity index (χ4n) is 1.13. The molecule has 1 rings (SSSR count). The van der Waals surface area contributed by atoms with Crippen LogP contribution in [0.2, 0.25) is 0 Å². The Hall–Kier alpha value is -1.91. The Morgan fingerprint density at radius 2 is 2.20 bits per heavy atom. The first kappa shape index (κ1) is 11.2. The van der Waals surface area contributed by atoms with Gasteiger partial charge >= 0.3 is 5.97 Å². The molecule has 0 spiro atoms. The maximum absolute atomic E-state index is 10.6. The van der Waals surface area contributed by atoms with Crippen molar-refractivity contribution in [2.24, 2.45) is 0 Å². The summed E-state index contributed by atoms with van der Waals surface area (Å²) in [6.07, 6.45) is 0. The maximum atomic E-state index is 10.6. The van der Waals surface area contributed by atoms with Gasteiger partial charge in [0.1, 0.15) is 6.61 Å². The lowest BCUT2D eigenvalue weighted by Gasteiger charge is -2.03. The lowest BCUT2D eigenvalue weighted by Crippen LogP contribution is -2.00. The number of carbonyl (C=O) groups is 1. The molecule has 0 amide bonds. The highest BCUT2D eigenvalue weighted by molar-refractivity contribution is 5.66. The Labute approximate surface area is 86.8 Å². The molecule has 0 fully saturated rings. The van der Waals surface area contributed by atoms with Gasteiger partial charge in [0.2, 0.25) is 0 Å². The molecule has 0 heterocycles. The van der Waals surface area contributed by atoms with Crippen LogP contribution in [0, 0.1) is 17.0 Å². The third-order valence-electron chi connectivity index (χ3n) is 1.91. The van der Waals surface area contributed by atoms with Gasteiger partial charge in [0.15, 0.2) is 0 Å². The van der Waals surface area contributed by atoms with Crippen LogP contribution in [0.4, 0.5) is 5.69 Å². The Morgan fingerprint density at radius 3 is 2.73 bits per heavy atom. The quantitative estimate of drug-likeness (QED) is 0.433. The monoisotopic (exact) mass is 209 g/mol. The molecule has 0 saturated heterocycles. The van der Waals surface area contributed by atoms with Gasteiger partial charge < -0.3 is 4.74 Å². The Bertz CT molecular complexity index is 400. The second-order valence-electron chi connectivity index (χ2n) is 3.16. The summed E-state index contributed by atoms with van der Waals surface area (Å²) in [4.78, 5) is 20.7. The van der Waals surface area contributed by atoms with Crippen molar-refractivity contribution in [1.29, 1.82) is 0 Å². The van der Waals surface area contributed by atoms with Gasteiger partial charge in [-0.2, -0.15) is 0 Å². The molecule has 1 aromatic carbocycles. The largest absolute Gasteiger partial charge is 0.461 e. The zero-order valence-electron chi connectivity index (χ0n) is 8.52. The highest BCUT2D eigenvalue weighted by atomic mass is 16.6. The molecule has 0 aromatic heterocycles. The first-order valence-electron chi connectivity index (χ1n) is 4.38. The molecule has 0 bridgehead atoms. The van der Waals surface area contributed by atoms with E-state index in [4.69, 9.17) is 4.74 Å². The van der Waals surface area contributed by atoms with Crippen LogP contribution in [0.15, 0.2) is 18.2 Å². The third-order valence-corrected chi connectivity index (χ3v) is 1.91. The number of nitrogens with zero attached hydrogens (tertiary/aromatic N) is 1. The summed E-state index contributed by atoms with van der Waals surface area (Å²) < 4.78 is 4.74. The summed E-state index contributed by atoms with van der Waals surface area (Å²) in [7, 11) is 0. The average Bonchev–Trinajstić information content (AvgIpc) is 2.16. The molecule has 0 N–H and O–H groups in total. The SMILES string of the molecule is CC(=O)OCc1ccc(C)c([N+](=O)[O-])c1. The van der Waals surface area contributed by atoms with Crippen LogP contribution in [-0.4, -0.2) is 10.9 Å². The molecule has 80 valence electrons. The summed E-state index contributed by atoms with van der Waals surface area (Å²) in [6, 6.07) is 4.75. The van der Waals surface area contributed by atoms with Crippen LogP contribution in [0.1, 0.15) is 18.1 Å². The normalized spacial score (nSPS) is 9.73. The van der Waals surface area contributed by atoms with E-state index in [0.717, 1.165) is 0 Å². The molecule has 0 aliphatic rings. The molecule has 5 nitrogen and oxygen atoms in total. The number of aryl methyl sites for hydroxylation is 1. The number of carbonyl (C=O) groups excluding carboxylic acids is 1. The van der Waals surface area contributed by atoms with Gasteiger partial charge in [0, 0.05) is 18.6 Å². The summed E-state index contributed by atoms with van der Waals surface area (Å²) in [5.41, 5.74) is 1.24. The molecule has 0 unspecified atom stereocenters. The third kappa shape index (κ3) is 3.05. The van der Waals surface area contributed by atoms with Gasteiger partial charge in [-0.25, -0.2) is 0 Å². The van der Waals surface area contributed by atoms with Crippen molar-refractivity contribution in [3.63, 3.8) is 0 Å². The van der Waals surface area contributed by atoms with Gasteiger partial charge in [0.25, 0.3) is 5.69 Å². The van der Waals surface area contributed by atoms with Gasteiger partial charge in [-0.3, -0.25) is 14.9 Å². The first-order chi connectivity index (χ1) is 7.00. The summed E-state index contributed by atoms with van der Waals surface area (Å²) in [6.45, 7) is 3.02. The van der Waals surface area contributed by atoms with Gasteiger partial charge in [-0.15, -0.1) is 0 Å². The number of esters is 1. The van der Waals surface area contributed by atoms with Crippen molar-refractivity contribution < 1.29 is 14.5 Å². The van der Waals surface area contributed by atoms with Crippen molar-refractivity contribution in [1.82, 2.24) is 0 Å². The molecular weight excluding hydrogens is 198 g/mol. The lowest BCUT2D eigenvalue weighted by atomic mass is 10.1. The van der Waals surface area contributed by atoms with E-state index < -0.39 is 10.9 Å². The average molecular weight is 209 g/mol. The van der Waals surface area contributed by atoms with Crippen molar-refractivity contribution in [2.45, 2.75) is 20.5 Å². The standard InChI is InChI=1S/C10H11NO4/c1-7-3-4-9(6-15-8(2)12)5-10(7)11(13)14/h3-5H,6H2,1-2H3. The van der Waals surface area contributed by atoms with E-state index in [0.29, 0.717) is 11.1 Å². The van der Waals surface area contributed by atoms with Crippen LogP contribution >= 0.6 is 0 Å². The zero-order valence-corrected chi connectivity index (χ0v) is 8.52. The minimum absolute atomic E-state index is 0.0413. The van der Waals surface area contributed by atoms with Crippen molar-refractivity contribution >= 4 is 11.7 Å². The molecule has 0 aliphatic carbocycles. The van der Waals surface area contributed by atoms with E-state index >= 15 is 0 Å². The van der Waals surface area contributed by atoms with E-state index in [1.54, 1.807) is 19.1 Å². The molecule has 0 aliphatic heterocycles. The van der Waals surface area contributed by atoms with Gasteiger partial charge in [-0.05, 0) is 12.5 Å². The number of nitro groups is 1. The van der Waals surface area contributed by atoms with E-state index in [2.05, 4.69) is 0 Å². The molecule has 0 atom stereocenters. The van der Waals surface area contributed by atoms with Crippen molar-refractivity contribution in [2.75, 3.05) is 0 Å². The smallest absolute Gasteiger partial charge is 0.302 e. The fourth-order valence-corrected chi connectivity index (χ4v) is 1.13. The molecule has 5 heteroatoms. The first-order valence-corrected chi connectivity index (χ1v) is 4.38. The van der Waals surface area contributed by atoms with Crippen LogP contribution in [0.3, 0.4) is 0 Å². The van der Waals surface area contributed by atoms with Gasteiger partial charge in [0.05, 0.1) is 4.92 Å². The second kappa shape index (κ2) is 4.54. The van der Waals surface area contributed by atoms with Crippen LogP contribution in [-0.2, 0) is 16.1 Å². The number of hydrogen-bond donors (Lipinski definition) is 0. The summed E-state index contributed by atoms with van der Waals surface area (Å²) in [5, 5.41) is 10.6. The van der Waals surface area contributed by atoms with Crippen molar-refractivity contribution in [3.05, 3.63) is 39.4 Å². The number of ether oxygens (including phenoxy) is 1. The molecular formula is C10H11NO4.